The summed E-state index contributed by atoms with van der Waals surface area (Å²) in [5, 5.41) is 10.6. The van der Waals surface area contributed by atoms with E-state index in [9.17, 15) is 5.11 Å². The van der Waals surface area contributed by atoms with Crippen LogP contribution in [0, 0.1) is 19.3 Å². The highest BCUT2D eigenvalue weighted by Crippen LogP contribution is 2.44. The van der Waals surface area contributed by atoms with Crippen LogP contribution in [0.1, 0.15) is 55.7 Å². The molecule has 100 valence electrons. The minimum Gasteiger partial charge on any atom is -0.392 e. The third-order valence-electron chi connectivity index (χ3n) is 4.72. The van der Waals surface area contributed by atoms with Gasteiger partial charge in [0.15, 0.2) is 0 Å². The van der Waals surface area contributed by atoms with Gasteiger partial charge in [-0.1, -0.05) is 49.1 Å². The fourth-order valence-corrected chi connectivity index (χ4v) is 3.63. The molecule has 2 rings (SSSR count). The van der Waals surface area contributed by atoms with Gasteiger partial charge in [0.2, 0.25) is 0 Å². The molecule has 1 aliphatic rings. The second kappa shape index (κ2) is 5.44. The Bertz CT molecular complexity index is 382. The molecule has 1 unspecified atom stereocenters. The molecule has 0 aliphatic heterocycles. The van der Waals surface area contributed by atoms with Crippen molar-refractivity contribution in [3.05, 3.63) is 34.9 Å². The molecule has 1 saturated carbocycles. The molecule has 1 atom stereocenters. The van der Waals surface area contributed by atoms with Gasteiger partial charge in [0.1, 0.15) is 0 Å². The monoisotopic (exact) mass is 246 g/mol. The van der Waals surface area contributed by atoms with E-state index in [4.69, 9.17) is 0 Å². The average molecular weight is 246 g/mol. The van der Waals surface area contributed by atoms with E-state index in [1.807, 2.05) is 0 Å². The summed E-state index contributed by atoms with van der Waals surface area (Å²) in [7, 11) is 0. The second-order valence-corrected chi connectivity index (χ2v) is 6.14. The normalized spacial score (nSPS) is 20.0. The minimum absolute atomic E-state index is 0.175. The molecular formula is C17H26O. The molecule has 0 amide bonds. The van der Waals surface area contributed by atoms with Crippen LogP contribution in [-0.2, 0) is 6.42 Å². The highest BCUT2D eigenvalue weighted by atomic mass is 16.3. The quantitative estimate of drug-likeness (QED) is 0.845. The molecule has 1 heteroatoms. The molecule has 0 heterocycles. The third kappa shape index (κ3) is 2.77. The fraction of sp³-hybridized carbons (Fsp3) is 0.647. The maximum atomic E-state index is 10.6. The molecule has 1 N–H and O–H groups in total. The Labute approximate surface area is 111 Å². The lowest BCUT2D eigenvalue weighted by Crippen LogP contribution is -2.33. The van der Waals surface area contributed by atoms with E-state index in [0.29, 0.717) is 0 Å². The van der Waals surface area contributed by atoms with Crippen LogP contribution in [0.5, 0.6) is 0 Å². The van der Waals surface area contributed by atoms with Gasteiger partial charge in [0.05, 0.1) is 6.10 Å². The summed E-state index contributed by atoms with van der Waals surface area (Å²) in [6, 6.07) is 6.63. The number of aliphatic hydroxyl groups excluding tert-OH is 1. The van der Waals surface area contributed by atoms with E-state index in [-0.39, 0.29) is 11.5 Å². The first-order chi connectivity index (χ1) is 8.55. The Balaban J connectivity index is 2.12. The Morgan fingerprint density at radius 2 is 1.67 bits per heavy atom. The molecule has 0 radical (unpaired) electrons. The Morgan fingerprint density at radius 1 is 1.11 bits per heavy atom. The second-order valence-electron chi connectivity index (χ2n) is 6.14. The topological polar surface area (TPSA) is 20.2 Å². The largest absolute Gasteiger partial charge is 0.392 e. The molecule has 1 aromatic rings. The Hall–Kier alpha value is -0.820. The molecule has 1 aliphatic carbocycles. The van der Waals surface area contributed by atoms with E-state index in [1.54, 1.807) is 0 Å². The Morgan fingerprint density at radius 3 is 2.17 bits per heavy atom. The van der Waals surface area contributed by atoms with Crippen molar-refractivity contribution >= 4 is 0 Å². The van der Waals surface area contributed by atoms with Crippen molar-refractivity contribution in [2.24, 2.45) is 5.41 Å². The van der Waals surface area contributed by atoms with E-state index in [1.165, 1.54) is 42.4 Å². The molecule has 1 fully saturated rings. The molecule has 1 nitrogen and oxygen atoms in total. The fourth-order valence-electron chi connectivity index (χ4n) is 3.63. The summed E-state index contributed by atoms with van der Waals surface area (Å²) in [6.07, 6.45) is 6.74. The molecule has 18 heavy (non-hydrogen) atoms. The Kier molecular flexibility index (Phi) is 4.11. The average Bonchev–Trinajstić information content (AvgIpc) is 2.77. The van der Waals surface area contributed by atoms with Crippen LogP contribution in [0.3, 0.4) is 0 Å². The maximum absolute atomic E-state index is 10.6. The summed E-state index contributed by atoms with van der Waals surface area (Å²) in [5.41, 5.74) is 4.08. The van der Waals surface area contributed by atoms with Crippen LogP contribution < -0.4 is 0 Å². The number of benzene rings is 1. The zero-order chi connectivity index (χ0) is 13.2. The summed E-state index contributed by atoms with van der Waals surface area (Å²) in [5.74, 6) is 0. The van der Waals surface area contributed by atoms with Crippen molar-refractivity contribution in [1.29, 1.82) is 0 Å². The van der Waals surface area contributed by atoms with E-state index < -0.39 is 0 Å². The van der Waals surface area contributed by atoms with Crippen molar-refractivity contribution in [1.82, 2.24) is 0 Å². The number of rotatable bonds is 4. The van der Waals surface area contributed by atoms with Crippen molar-refractivity contribution < 1.29 is 5.11 Å². The summed E-state index contributed by atoms with van der Waals surface area (Å²) >= 11 is 0. The zero-order valence-corrected chi connectivity index (χ0v) is 12.0. The predicted octanol–water partition coefficient (Wildman–Crippen LogP) is 4.18. The van der Waals surface area contributed by atoms with Gasteiger partial charge < -0.3 is 5.11 Å². The molecule has 1 aromatic carbocycles. The smallest absolute Gasteiger partial charge is 0.0636 e. The molecule has 0 spiro atoms. The van der Waals surface area contributed by atoms with E-state index in [0.717, 1.165) is 12.8 Å². The van der Waals surface area contributed by atoms with Gasteiger partial charge in [-0.3, -0.25) is 0 Å². The van der Waals surface area contributed by atoms with Crippen molar-refractivity contribution in [2.45, 2.75) is 65.4 Å². The van der Waals surface area contributed by atoms with Crippen LogP contribution in [-0.4, -0.2) is 11.2 Å². The van der Waals surface area contributed by atoms with Gasteiger partial charge in [-0.25, -0.2) is 0 Å². The SMILES string of the molecule is CCC1(C(O)Cc2cc(C)cc(C)c2)CCCC1. The molecule has 0 aromatic heterocycles. The number of hydrogen-bond acceptors (Lipinski definition) is 1. The maximum Gasteiger partial charge on any atom is 0.0636 e. The molecule has 0 bridgehead atoms. The van der Waals surface area contributed by atoms with Crippen LogP contribution in [0.2, 0.25) is 0 Å². The first-order valence-corrected chi connectivity index (χ1v) is 7.31. The van der Waals surface area contributed by atoms with Crippen molar-refractivity contribution in [2.75, 3.05) is 0 Å². The van der Waals surface area contributed by atoms with Crippen LogP contribution >= 0.6 is 0 Å². The highest BCUT2D eigenvalue weighted by Gasteiger charge is 2.38. The third-order valence-corrected chi connectivity index (χ3v) is 4.72. The first kappa shape index (κ1) is 13.6. The lowest BCUT2D eigenvalue weighted by Gasteiger charge is -2.33. The van der Waals surface area contributed by atoms with Crippen molar-refractivity contribution in [3.8, 4) is 0 Å². The predicted molar refractivity (Wildman–Crippen MR) is 76.8 cm³/mol. The number of aryl methyl sites for hydroxylation is 2. The van der Waals surface area contributed by atoms with Crippen LogP contribution in [0.25, 0.3) is 0 Å². The summed E-state index contributed by atoms with van der Waals surface area (Å²) < 4.78 is 0. The first-order valence-electron chi connectivity index (χ1n) is 7.31. The van der Waals surface area contributed by atoms with Gasteiger partial charge in [-0.05, 0) is 50.5 Å². The minimum atomic E-state index is -0.175. The van der Waals surface area contributed by atoms with Crippen LogP contribution in [0.4, 0.5) is 0 Å². The van der Waals surface area contributed by atoms with Crippen LogP contribution in [0.15, 0.2) is 18.2 Å². The molecule has 0 saturated heterocycles. The van der Waals surface area contributed by atoms with Gasteiger partial charge >= 0.3 is 0 Å². The zero-order valence-electron chi connectivity index (χ0n) is 12.0. The van der Waals surface area contributed by atoms with E-state index >= 15 is 0 Å². The number of hydrogen-bond donors (Lipinski definition) is 1. The standard InChI is InChI=1S/C17H26O/c1-4-17(7-5-6-8-17)16(18)12-15-10-13(2)9-14(3)11-15/h9-11,16,18H,4-8,12H2,1-3H3. The lowest BCUT2D eigenvalue weighted by molar-refractivity contribution is 0.0257. The highest BCUT2D eigenvalue weighted by molar-refractivity contribution is 5.29. The van der Waals surface area contributed by atoms with Crippen molar-refractivity contribution in [3.63, 3.8) is 0 Å². The molecular weight excluding hydrogens is 220 g/mol. The van der Waals surface area contributed by atoms with Gasteiger partial charge in [-0.15, -0.1) is 0 Å². The van der Waals surface area contributed by atoms with E-state index in [2.05, 4.69) is 39.0 Å². The van der Waals surface area contributed by atoms with Gasteiger partial charge in [0, 0.05) is 0 Å². The summed E-state index contributed by atoms with van der Waals surface area (Å²) in [4.78, 5) is 0. The van der Waals surface area contributed by atoms with Gasteiger partial charge in [-0.2, -0.15) is 0 Å². The summed E-state index contributed by atoms with van der Waals surface area (Å²) in [6.45, 7) is 6.50. The lowest BCUT2D eigenvalue weighted by atomic mass is 9.75. The van der Waals surface area contributed by atoms with Gasteiger partial charge in [0.25, 0.3) is 0 Å². The number of aliphatic hydroxyl groups is 1.